The summed E-state index contributed by atoms with van der Waals surface area (Å²) in [6.07, 6.45) is 8.62. The van der Waals surface area contributed by atoms with Gasteiger partial charge in [0.15, 0.2) is 11.4 Å². The van der Waals surface area contributed by atoms with Gasteiger partial charge >= 0.3 is 0 Å². The van der Waals surface area contributed by atoms with Crippen molar-refractivity contribution >= 4 is 22.8 Å². The predicted molar refractivity (Wildman–Crippen MR) is 78.1 cm³/mol. The number of rotatable bonds is 5. The second-order valence-electron chi connectivity index (χ2n) is 5.11. The molecule has 1 aliphatic carbocycles. The smallest absolute Gasteiger partial charge is 0.186 e. The molecule has 4 nitrogen and oxygen atoms in total. The van der Waals surface area contributed by atoms with Crippen LogP contribution in [0, 0.1) is 0 Å². The molecule has 19 heavy (non-hydrogen) atoms. The van der Waals surface area contributed by atoms with Crippen molar-refractivity contribution < 1.29 is 9.53 Å². The maximum atomic E-state index is 11.1. The van der Waals surface area contributed by atoms with Crippen molar-refractivity contribution in [2.24, 2.45) is 0 Å². The summed E-state index contributed by atoms with van der Waals surface area (Å²) >= 11 is 1.47. The number of anilines is 1. The lowest BCUT2D eigenvalue weighted by Gasteiger charge is -2.26. The number of nitrogens with zero attached hydrogens (tertiary/aromatic N) is 2. The summed E-state index contributed by atoms with van der Waals surface area (Å²) in [5, 5.41) is 0.945. The molecule has 106 valence electrons. The number of ether oxygens (including phenoxy) is 1. The third-order valence-electron chi connectivity index (χ3n) is 3.78. The molecule has 5 heteroatoms. The second kappa shape index (κ2) is 7.01. The Morgan fingerprint density at radius 3 is 2.63 bits per heavy atom. The first kappa shape index (κ1) is 14.5. The van der Waals surface area contributed by atoms with Gasteiger partial charge in [0, 0.05) is 20.2 Å². The van der Waals surface area contributed by atoms with Gasteiger partial charge in [-0.15, -0.1) is 0 Å². The van der Waals surface area contributed by atoms with E-state index in [9.17, 15) is 4.79 Å². The summed E-state index contributed by atoms with van der Waals surface area (Å²) in [4.78, 5) is 18.6. The van der Waals surface area contributed by atoms with Crippen LogP contribution in [0.15, 0.2) is 0 Å². The van der Waals surface area contributed by atoms with Crippen molar-refractivity contribution in [3.63, 3.8) is 0 Å². The van der Waals surface area contributed by atoms with Crippen LogP contribution in [-0.4, -0.2) is 31.5 Å². The molecular weight excluding hydrogens is 260 g/mol. The monoisotopic (exact) mass is 282 g/mol. The zero-order valence-corrected chi connectivity index (χ0v) is 12.5. The first-order chi connectivity index (χ1) is 9.26. The molecule has 0 unspecified atom stereocenters. The van der Waals surface area contributed by atoms with E-state index in [1.54, 1.807) is 7.11 Å². The van der Waals surface area contributed by atoms with E-state index < -0.39 is 0 Å². The quantitative estimate of drug-likeness (QED) is 0.614. The number of thiazole rings is 1. The van der Waals surface area contributed by atoms with Crippen molar-refractivity contribution in [3.8, 4) is 0 Å². The summed E-state index contributed by atoms with van der Waals surface area (Å²) in [7, 11) is 3.72. The van der Waals surface area contributed by atoms with E-state index in [4.69, 9.17) is 4.74 Å². The Bertz CT molecular complexity index is 412. The molecule has 0 aromatic carbocycles. The Kier molecular flexibility index (Phi) is 5.34. The molecule has 2 rings (SSSR count). The first-order valence-corrected chi connectivity index (χ1v) is 7.74. The van der Waals surface area contributed by atoms with Crippen molar-refractivity contribution in [2.75, 3.05) is 19.1 Å². The Labute approximate surface area is 118 Å². The van der Waals surface area contributed by atoms with E-state index >= 15 is 0 Å². The summed E-state index contributed by atoms with van der Waals surface area (Å²) in [6.45, 7) is 0.406. The molecule has 0 N–H and O–H groups in total. The van der Waals surface area contributed by atoms with Crippen LogP contribution >= 0.6 is 11.3 Å². The van der Waals surface area contributed by atoms with Crippen molar-refractivity contribution in [1.82, 2.24) is 4.98 Å². The van der Waals surface area contributed by atoms with Crippen LogP contribution in [0.1, 0.15) is 53.9 Å². The van der Waals surface area contributed by atoms with Gasteiger partial charge in [-0.3, -0.25) is 4.79 Å². The van der Waals surface area contributed by atoms with Crippen LogP contribution in [0.3, 0.4) is 0 Å². The number of hydrogen-bond acceptors (Lipinski definition) is 5. The van der Waals surface area contributed by atoms with Crippen LogP contribution in [0.5, 0.6) is 0 Å². The molecule has 0 atom stereocenters. The van der Waals surface area contributed by atoms with Crippen LogP contribution in [-0.2, 0) is 11.3 Å². The Balaban J connectivity index is 2.13. The lowest BCUT2D eigenvalue weighted by Crippen LogP contribution is -2.30. The van der Waals surface area contributed by atoms with Crippen LogP contribution in [0.25, 0.3) is 0 Å². The number of aldehydes is 1. The highest BCUT2D eigenvalue weighted by atomic mass is 32.1. The third kappa shape index (κ3) is 3.54. The fourth-order valence-electron chi connectivity index (χ4n) is 2.63. The SMILES string of the molecule is COCc1nc(N(C)C2CCCCCC2)sc1C=O. The van der Waals surface area contributed by atoms with E-state index in [2.05, 4.69) is 16.9 Å². The highest BCUT2D eigenvalue weighted by Gasteiger charge is 2.21. The van der Waals surface area contributed by atoms with E-state index in [-0.39, 0.29) is 0 Å². The molecule has 1 aromatic heterocycles. The maximum absolute atomic E-state index is 11.1. The number of aromatic nitrogens is 1. The summed E-state index contributed by atoms with van der Waals surface area (Å²) in [5.74, 6) is 0. The van der Waals surface area contributed by atoms with Gasteiger partial charge in [0.1, 0.15) is 0 Å². The Morgan fingerprint density at radius 2 is 2.05 bits per heavy atom. The van der Waals surface area contributed by atoms with E-state index in [1.165, 1.54) is 49.9 Å². The molecule has 0 spiro atoms. The second-order valence-corrected chi connectivity index (χ2v) is 6.12. The molecule has 1 heterocycles. The van der Waals surface area contributed by atoms with Crippen LogP contribution < -0.4 is 4.90 Å². The van der Waals surface area contributed by atoms with Gasteiger partial charge in [-0.25, -0.2) is 4.98 Å². The number of carbonyl (C=O) groups is 1. The van der Waals surface area contributed by atoms with E-state index in [0.29, 0.717) is 17.5 Å². The Morgan fingerprint density at radius 1 is 1.37 bits per heavy atom. The standard InChI is InChI=1S/C14H22N2O2S/c1-16(11-7-5-3-4-6-8-11)14-15-12(10-18-2)13(9-17)19-14/h9,11H,3-8,10H2,1-2H3. The first-order valence-electron chi connectivity index (χ1n) is 6.93. The number of methoxy groups -OCH3 is 1. The molecule has 0 radical (unpaired) electrons. The van der Waals surface area contributed by atoms with Crippen molar-refractivity contribution in [2.45, 2.75) is 51.2 Å². The molecule has 1 fully saturated rings. The van der Waals surface area contributed by atoms with Gasteiger partial charge in [0.25, 0.3) is 0 Å². The fourth-order valence-corrected chi connectivity index (χ4v) is 3.55. The average Bonchev–Trinajstić information content (AvgIpc) is 2.64. The molecule has 1 saturated carbocycles. The highest BCUT2D eigenvalue weighted by molar-refractivity contribution is 7.17. The number of hydrogen-bond donors (Lipinski definition) is 0. The van der Waals surface area contributed by atoms with Gasteiger partial charge in [0.05, 0.1) is 17.2 Å². The highest BCUT2D eigenvalue weighted by Crippen LogP contribution is 2.30. The van der Waals surface area contributed by atoms with Crippen LogP contribution in [0.4, 0.5) is 5.13 Å². The summed E-state index contributed by atoms with van der Waals surface area (Å²) < 4.78 is 5.10. The minimum Gasteiger partial charge on any atom is -0.378 e. The molecule has 1 aromatic rings. The minimum atomic E-state index is 0.406. The van der Waals surface area contributed by atoms with Crippen molar-refractivity contribution in [3.05, 3.63) is 10.6 Å². The molecule has 0 amide bonds. The lowest BCUT2D eigenvalue weighted by molar-refractivity contribution is 0.112. The predicted octanol–water partition coefficient (Wildman–Crippen LogP) is 3.26. The summed E-state index contributed by atoms with van der Waals surface area (Å²) in [6, 6.07) is 0.559. The third-order valence-corrected chi connectivity index (χ3v) is 4.89. The van der Waals surface area contributed by atoms with Gasteiger partial charge in [0.2, 0.25) is 0 Å². The normalized spacial score (nSPS) is 17.2. The van der Waals surface area contributed by atoms with Crippen LogP contribution in [0.2, 0.25) is 0 Å². The number of carbonyl (C=O) groups excluding carboxylic acids is 1. The largest absolute Gasteiger partial charge is 0.378 e. The van der Waals surface area contributed by atoms with E-state index in [0.717, 1.165) is 17.1 Å². The van der Waals surface area contributed by atoms with E-state index in [1.807, 2.05) is 0 Å². The molecule has 0 aliphatic heterocycles. The molecule has 0 saturated heterocycles. The topological polar surface area (TPSA) is 42.4 Å². The fraction of sp³-hybridized carbons (Fsp3) is 0.714. The van der Waals surface area contributed by atoms with Gasteiger partial charge < -0.3 is 9.64 Å². The van der Waals surface area contributed by atoms with Gasteiger partial charge in [-0.1, -0.05) is 37.0 Å². The maximum Gasteiger partial charge on any atom is 0.186 e. The molecule has 1 aliphatic rings. The van der Waals surface area contributed by atoms with Gasteiger partial charge in [-0.2, -0.15) is 0 Å². The lowest BCUT2D eigenvalue weighted by atomic mass is 10.1. The Hall–Kier alpha value is -0.940. The zero-order chi connectivity index (χ0) is 13.7. The molecular formula is C14H22N2O2S. The minimum absolute atomic E-state index is 0.406. The average molecular weight is 282 g/mol. The summed E-state index contributed by atoms with van der Waals surface area (Å²) in [5.41, 5.74) is 0.762. The zero-order valence-electron chi connectivity index (χ0n) is 11.7. The molecule has 0 bridgehead atoms. The van der Waals surface area contributed by atoms with Gasteiger partial charge in [-0.05, 0) is 12.8 Å². The van der Waals surface area contributed by atoms with Crippen molar-refractivity contribution in [1.29, 1.82) is 0 Å².